The summed E-state index contributed by atoms with van der Waals surface area (Å²) in [5.41, 5.74) is 1.94. The Kier molecular flexibility index (Phi) is 4.81. The van der Waals surface area contributed by atoms with Gasteiger partial charge in [0.25, 0.3) is 0 Å². The van der Waals surface area contributed by atoms with Crippen LogP contribution in [0.2, 0.25) is 5.02 Å². The molecule has 0 aliphatic heterocycles. The first-order valence-corrected chi connectivity index (χ1v) is 6.19. The van der Waals surface area contributed by atoms with Gasteiger partial charge in [-0.1, -0.05) is 41.0 Å². The van der Waals surface area contributed by atoms with Gasteiger partial charge in [-0.2, -0.15) is 0 Å². The largest absolute Gasteiger partial charge is 0.497 e. The van der Waals surface area contributed by atoms with E-state index in [1.807, 2.05) is 48.5 Å². The Hall–Kier alpha value is -2.00. The molecule has 0 amide bonds. The van der Waals surface area contributed by atoms with E-state index in [-0.39, 0.29) is 0 Å². The van der Waals surface area contributed by atoms with E-state index in [1.165, 1.54) is 0 Å². The van der Waals surface area contributed by atoms with E-state index in [1.54, 1.807) is 13.3 Å². The lowest BCUT2D eigenvalue weighted by atomic mass is 10.2. The Morgan fingerprint density at radius 3 is 2.63 bits per heavy atom. The van der Waals surface area contributed by atoms with Crippen LogP contribution in [-0.2, 0) is 11.4 Å². The molecule has 0 saturated heterocycles. The van der Waals surface area contributed by atoms with Gasteiger partial charge in [-0.05, 0) is 35.4 Å². The summed E-state index contributed by atoms with van der Waals surface area (Å²) >= 11 is 5.87. The lowest BCUT2D eigenvalue weighted by Crippen LogP contribution is -1.89. The molecule has 0 spiro atoms. The zero-order valence-electron chi connectivity index (χ0n) is 10.5. The second kappa shape index (κ2) is 6.81. The van der Waals surface area contributed by atoms with Crippen LogP contribution in [0.25, 0.3) is 0 Å². The molecule has 4 heteroatoms. The lowest BCUT2D eigenvalue weighted by molar-refractivity contribution is 0.132. The molecule has 2 aromatic carbocycles. The first-order chi connectivity index (χ1) is 9.28. The Morgan fingerprint density at radius 2 is 1.95 bits per heavy atom. The Balaban J connectivity index is 1.85. The average Bonchev–Trinajstić information content (AvgIpc) is 2.44. The fourth-order valence-electron chi connectivity index (χ4n) is 1.52. The Morgan fingerprint density at radius 1 is 1.16 bits per heavy atom. The van der Waals surface area contributed by atoms with Crippen LogP contribution in [0.15, 0.2) is 53.7 Å². The third-order valence-corrected chi connectivity index (χ3v) is 2.75. The van der Waals surface area contributed by atoms with Gasteiger partial charge < -0.3 is 9.57 Å². The van der Waals surface area contributed by atoms with Gasteiger partial charge in [0.1, 0.15) is 12.4 Å². The summed E-state index contributed by atoms with van der Waals surface area (Å²) in [6.45, 7) is 0.418. The van der Waals surface area contributed by atoms with Crippen molar-refractivity contribution in [3.8, 4) is 5.75 Å². The number of ether oxygens (including phenoxy) is 1. The van der Waals surface area contributed by atoms with Gasteiger partial charge in [0.05, 0.1) is 13.3 Å². The molecule has 2 aromatic rings. The highest BCUT2D eigenvalue weighted by Crippen LogP contribution is 2.12. The number of hydrogen-bond acceptors (Lipinski definition) is 3. The molecule has 0 bridgehead atoms. The van der Waals surface area contributed by atoms with Crippen LogP contribution >= 0.6 is 11.6 Å². The number of hydrogen-bond donors (Lipinski definition) is 0. The fraction of sp³-hybridized carbons (Fsp3) is 0.133. The van der Waals surface area contributed by atoms with Crippen LogP contribution in [0.3, 0.4) is 0 Å². The van der Waals surface area contributed by atoms with E-state index in [9.17, 15) is 0 Å². The van der Waals surface area contributed by atoms with Crippen molar-refractivity contribution in [1.82, 2.24) is 0 Å². The van der Waals surface area contributed by atoms with Crippen molar-refractivity contribution in [2.24, 2.45) is 5.16 Å². The van der Waals surface area contributed by atoms with Gasteiger partial charge in [-0.15, -0.1) is 0 Å². The molecule has 0 atom stereocenters. The van der Waals surface area contributed by atoms with E-state index in [0.29, 0.717) is 11.6 Å². The lowest BCUT2D eigenvalue weighted by Gasteiger charge is -2.02. The van der Waals surface area contributed by atoms with E-state index >= 15 is 0 Å². The van der Waals surface area contributed by atoms with Gasteiger partial charge in [0, 0.05) is 5.02 Å². The second-order valence-corrected chi connectivity index (χ2v) is 4.35. The molecule has 0 heterocycles. The monoisotopic (exact) mass is 275 g/mol. The highest BCUT2D eigenvalue weighted by Gasteiger charge is 1.94. The topological polar surface area (TPSA) is 30.8 Å². The molecule has 0 aliphatic rings. The fourth-order valence-corrected chi connectivity index (χ4v) is 1.72. The number of methoxy groups -OCH3 is 1. The van der Waals surface area contributed by atoms with Gasteiger partial charge in [0.2, 0.25) is 0 Å². The summed E-state index contributed by atoms with van der Waals surface area (Å²) < 4.78 is 5.08. The van der Waals surface area contributed by atoms with Crippen molar-refractivity contribution >= 4 is 17.8 Å². The summed E-state index contributed by atoms with van der Waals surface area (Å²) in [6.07, 6.45) is 1.63. The minimum absolute atomic E-state index is 0.418. The van der Waals surface area contributed by atoms with Gasteiger partial charge in [-0.25, -0.2) is 0 Å². The zero-order valence-corrected chi connectivity index (χ0v) is 11.3. The van der Waals surface area contributed by atoms with Gasteiger partial charge in [0.15, 0.2) is 0 Å². The number of rotatable bonds is 5. The number of halogens is 1. The Bertz CT molecular complexity index is 552. The molecule has 0 N–H and O–H groups in total. The van der Waals surface area contributed by atoms with E-state index in [0.717, 1.165) is 16.9 Å². The molecule has 0 saturated carbocycles. The zero-order chi connectivity index (χ0) is 13.5. The third kappa shape index (κ3) is 4.30. The van der Waals surface area contributed by atoms with Crippen LogP contribution in [0.5, 0.6) is 5.75 Å². The van der Waals surface area contributed by atoms with Crippen LogP contribution in [-0.4, -0.2) is 13.3 Å². The molecule has 0 radical (unpaired) electrons. The number of benzene rings is 2. The minimum atomic E-state index is 0.418. The molecule has 0 fully saturated rings. The van der Waals surface area contributed by atoms with Crippen molar-refractivity contribution in [3.63, 3.8) is 0 Å². The standard InChI is InChI=1S/C15H14ClNO2/c1-18-15-7-5-12(6-8-15)11-19-17-10-13-3-2-4-14(16)9-13/h2-10H,11H2,1H3. The number of oxime groups is 1. The molecule has 0 aromatic heterocycles. The first kappa shape index (κ1) is 13.4. The molecule has 0 aliphatic carbocycles. The normalized spacial score (nSPS) is 10.6. The molecular weight excluding hydrogens is 262 g/mol. The maximum atomic E-state index is 5.87. The molecule has 0 unspecified atom stereocenters. The molecule has 3 nitrogen and oxygen atoms in total. The smallest absolute Gasteiger partial charge is 0.142 e. The summed E-state index contributed by atoms with van der Waals surface area (Å²) in [5, 5.41) is 4.59. The van der Waals surface area contributed by atoms with Crippen molar-refractivity contribution in [2.75, 3.05) is 7.11 Å². The SMILES string of the molecule is COc1ccc(CON=Cc2cccc(Cl)c2)cc1. The maximum Gasteiger partial charge on any atom is 0.142 e. The van der Waals surface area contributed by atoms with Crippen molar-refractivity contribution in [3.05, 3.63) is 64.7 Å². The third-order valence-electron chi connectivity index (χ3n) is 2.52. The van der Waals surface area contributed by atoms with E-state index in [2.05, 4.69) is 5.16 Å². The summed E-state index contributed by atoms with van der Waals surface area (Å²) in [7, 11) is 1.64. The quantitative estimate of drug-likeness (QED) is 0.612. The maximum absolute atomic E-state index is 5.87. The molecule has 98 valence electrons. The summed E-state index contributed by atoms with van der Waals surface area (Å²) in [5.74, 6) is 0.825. The first-order valence-electron chi connectivity index (χ1n) is 5.82. The van der Waals surface area contributed by atoms with Crippen molar-refractivity contribution in [1.29, 1.82) is 0 Å². The summed E-state index contributed by atoms with van der Waals surface area (Å²) in [6, 6.07) is 15.1. The van der Waals surface area contributed by atoms with E-state index in [4.69, 9.17) is 21.2 Å². The summed E-state index contributed by atoms with van der Waals surface area (Å²) in [4.78, 5) is 5.22. The number of nitrogens with zero attached hydrogens (tertiary/aromatic N) is 1. The predicted molar refractivity (Wildman–Crippen MR) is 76.8 cm³/mol. The predicted octanol–water partition coefficient (Wildman–Crippen LogP) is 3.90. The van der Waals surface area contributed by atoms with Crippen LogP contribution in [0.4, 0.5) is 0 Å². The minimum Gasteiger partial charge on any atom is -0.497 e. The highest BCUT2D eigenvalue weighted by molar-refractivity contribution is 6.30. The van der Waals surface area contributed by atoms with Gasteiger partial charge in [-0.3, -0.25) is 0 Å². The van der Waals surface area contributed by atoms with Crippen molar-refractivity contribution < 1.29 is 9.57 Å². The van der Waals surface area contributed by atoms with Crippen LogP contribution < -0.4 is 4.74 Å². The van der Waals surface area contributed by atoms with Crippen LogP contribution in [0, 0.1) is 0 Å². The van der Waals surface area contributed by atoms with E-state index < -0.39 is 0 Å². The highest BCUT2D eigenvalue weighted by atomic mass is 35.5. The molecule has 2 rings (SSSR count). The van der Waals surface area contributed by atoms with Gasteiger partial charge >= 0.3 is 0 Å². The molecular formula is C15H14ClNO2. The second-order valence-electron chi connectivity index (χ2n) is 3.91. The molecule has 19 heavy (non-hydrogen) atoms. The van der Waals surface area contributed by atoms with Crippen LogP contribution in [0.1, 0.15) is 11.1 Å². The Labute approximate surface area is 117 Å². The van der Waals surface area contributed by atoms with Crippen molar-refractivity contribution in [2.45, 2.75) is 6.61 Å². The average molecular weight is 276 g/mol.